The number of imidazole rings is 1. The molecule has 3 heteroatoms. The maximum atomic E-state index is 8.73. The van der Waals surface area contributed by atoms with E-state index in [-0.39, 0.29) is 6.61 Å². The van der Waals surface area contributed by atoms with E-state index in [1.54, 1.807) is 0 Å². The van der Waals surface area contributed by atoms with Crippen molar-refractivity contribution in [1.29, 1.82) is 0 Å². The molecular formula is C13H18N2O. The lowest BCUT2D eigenvalue weighted by Gasteiger charge is -1.96. The average molecular weight is 218 g/mol. The second kappa shape index (κ2) is 4.66. The molecular weight excluding hydrogens is 200 g/mol. The van der Waals surface area contributed by atoms with Crippen LogP contribution < -0.4 is 0 Å². The molecule has 2 N–H and O–H groups in total. The smallest absolute Gasteiger partial charge is 0.107 e. The van der Waals surface area contributed by atoms with Gasteiger partial charge in [0.05, 0.1) is 11.0 Å². The lowest BCUT2D eigenvalue weighted by Crippen LogP contribution is -1.90. The van der Waals surface area contributed by atoms with Crippen LogP contribution in [-0.2, 0) is 6.42 Å². The second-order valence-corrected chi connectivity index (χ2v) is 4.34. The molecule has 3 nitrogen and oxygen atoms in total. The van der Waals surface area contributed by atoms with E-state index in [0.717, 1.165) is 36.1 Å². The van der Waals surface area contributed by atoms with Gasteiger partial charge in [0.1, 0.15) is 5.82 Å². The summed E-state index contributed by atoms with van der Waals surface area (Å²) < 4.78 is 0. The van der Waals surface area contributed by atoms with Crippen LogP contribution in [0.1, 0.15) is 29.8 Å². The number of H-pyrrole nitrogens is 1. The Balaban J connectivity index is 2.26. The molecule has 0 aliphatic carbocycles. The number of aromatic amines is 1. The fourth-order valence-electron chi connectivity index (χ4n) is 2.04. The van der Waals surface area contributed by atoms with Crippen LogP contribution in [0, 0.1) is 13.8 Å². The summed E-state index contributed by atoms with van der Waals surface area (Å²) in [5, 5.41) is 8.73. The van der Waals surface area contributed by atoms with Gasteiger partial charge < -0.3 is 10.1 Å². The summed E-state index contributed by atoms with van der Waals surface area (Å²) in [5.41, 5.74) is 4.68. The predicted molar refractivity (Wildman–Crippen MR) is 65.6 cm³/mol. The Morgan fingerprint density at radius 2 is 2.06 bits per heavy atom. The minimum absolute atomic E-state index is 0.262. The standard InChI is InChI=1S/C13H18N2O/c1-9-7-10(2)13-11(8-9)14-12(15-13)5-3-4-6-16/h7-8,16H,3-6H2,1-2H3,(H,14,15). The fraction of sp³-hybridized carbons (Fsp3) is 0.462. The van der Waals surface area contributed by atoms with Crippen molar-refractivity contribution in [3.05, 3.63) is 29.1 Å². The molecule has 1 aromatic heterocycles. The number of fused-ring (bicyclic) bond motifs is 1. The monoisotopic (exact) mass is 218 g/mol. The first kappa shape index (κ1) is 11.1. The highest BCUT2D eigenvalue weighted by Crippen LogP contribution is 2.18. The number of aliphatic hydroxyl groups is 1. The maximum Gasteiger partial charge on any atom is 0.107 e. The van der Waals surface area contributed by atoms with Gasteiger partial charge in [-0.3, -0.25) is 0 Å². The number of nitrogens with zero attached hydrogens (tertiary/aromatic N) is 1. The number of nitrogens with one attached hydrogen (secondary N) is 1. The van der Waals surface area contributed by atoms with E-state index in [2.05, 4.69) is 35.9 Å². The molecule has 0 aliphatic rings. The van der Waals surface area contributed by atoms with Gasteiger partial charge in [0.25, 0.3) is 0 Å². The molecule has 0 bridgehead atoms. The Hall–Kier alpha value is -1.35. The third kappa shape index (κ3) is 2.25. The van der Waals surface area contributed by atoms with Crippen molar-refractivity contribution in [3.63, 3.8) is 0 Å². The van der Waals surface area contributed by atoms with Gasteiger partial charge in [-0.1, -0.05) is 6.07 Å². The highest BCUT2D eigenvalue weighted by Gasteiger charge is 2.05. The maximum absolute atomic E-state index is 8.73. The zero-order valence-corrected chi connectivity index (χ0v) is 9.88. The molecule has 16 heavy (non-hydrogen) atoms. The minimum Gasteiger partial charge on any atom is -0.396 e. The molecule has 2 rings (SSSR count). The SMILES string of the molecule is Cc1cc(C)c2nc(CCCCO)[nH]c2c1. The van der Waals surface area contributed by atoms with Crippen LogP contribution in [0.2, 0.25) is 0 Å². The zero-order chi connectivity index (χ0) is 11.5. The van der Waals surface area contributed by atoms with Gasteiger partial charge >= 0.3 is 0 Å². The molecule has 1 heterocycles. The molecule has 0 amide bonds. The van der Waals surface area contributed by atoms with Crippen LogP contribution in [0.15, 0.2) is 12.1 Å². The summed E-state index contributed by atoms with van der Waals surface area (Å²) in [5.74, 6) is 1.03. The van der Waals surface area contributed by atoms with Gasteiger partial charge in [-0.15, -0.1) is 0 Å². The number of aliphatic hydroxyl groups excluding tert-OH is 1. The number of hydrogen-bond acceptors (Lipinski definition) is 2. The second-order valence-electron chi connectivity index (χ2n) is 4.34. The number of aryl methyl sites for hydroxylation is 3. The van der Waals surface area contributed by atoms with Gasteiger partial charge in [-0.05, 0) is 43.9 Å². The molecule has 0 saturated heterocycles. The highest BCUT2D eigenvalue weighted by atomic mass is 16.2. The van der Waals surface area contributed by atoms with E-state index in [1.807, 2.05) is 0 Å². The van der Waals surface area contributed by atoms with Crippen LogP contribution >= 0.6 is 0 Å². The number of rotatable bonds is 4. The first-order valence-corrected chi connectivity index (χ1v) is 5.77. The zero-order valence-electron chi connectivity index (χ0n) is 9.88. The Morgan fingerprint density at radius 3 is 2.81 bits per heavy atom. The topological polar surface area (TPSA) is 48.9 Å². The Kier molecular flexibility index (Phi) is 3.25. The molecule has 0 atom stereocenters. The van der Waals surface area contributed by atoms with Crippen LogP contribution in [0.25, 0.3) is 11.0 Å². The summed E-state index contributed by atoms with van der Waals surface area (Å²) >= 11 is 0. The van der Waals surface area contributed by atoms with E-state index >= 15 is 0 Å². The average Bonchev–Trinajstić information content (AvgIpc) is 2.61. The molecule has 0 saturated carbocycles. The van der Waals surface area contributed by atoms with Gasteiger partial charge in [0.15, 0.2) is 0 Å². The van der Waals surface area contributed by atoms with E-state index in [9.17, 15) is 0 Å². The summed E-state index contributed by atoms with van der Waals surface area (Å²) in [6, 6.07) is 4.28. The fourth-order valence-corrected chi connectivity index (χ4v) is 2.04. The van der Waals surface area contributed by atoms with Crippen LogP contribution in [-0.4, -0.2) is 21.7 Å². The third-order valence-electron chi connectivity index (χ3n) is 2.79. The molecule has 2 aromatic rings. The van der Waals surface area contributed by atoms with Gasteiger partial charge in [0.2, 0.25) is 0 Å². The Bertz CT molecular complexity index is 488. The van der Waals surface area contributed by atoms with Crippen molar-refractivity contribution in [2.45, 2.75) is 33.1 Å². The van der Waals surface area contributed by atoms with Gasteiger partial charge in [-0.25, -0.2) is 4.98 Å². The number of unbranched alkanes of at least 4 members (excludes halogenated alkanes) is 1. The molecule has 0 radical (unpaired) electrons. The number of hydrogen-bond donors (Lipinski definition) is 2. The van der Waals surface area contributed by atoms with E-state index in [1.165, 1.54) is 11.1 Å². The van der Waals surface area contributed by atoms with Crippen LogP contribution in [0.4, 0.5) is 0 Å². The summed E-state index contributed by atoms with van der Waals surface area (Å²) in [4.78, 5) is 7.93. The lowest BCUT2D eigenvalue weighted by molar-refractivity contribution is 0.284. The number of benzene rings is 1. The molecule has 1 aromatic carbocycles. The van der Waals surface area contributed by atoms with Crippen LogP contribution in [0.3, 0.4) is 0 Å². The van der Waals surface area contributed by atoms with Crippen molar-refractivity contribution in [2.24, 2.45) is 0 Å². The molecule has 0 aliphatic heterocycles. The lowest BCUT2D eigenvalue weighted by atomic mass is 10.1. The first-order chi connectivity index (χ1) is 7.70. The quantitative estimate of drug-likeness (QED) is 0.775. The molecule has 0 fully saturated rings. The highest BCUT2D eigenvalue weighted by molar-refractivity contribution is 5.79. The molecule has 86 valence electrons. The predicted octanol–water partition coefficient (Wildman–Crippen LogP) is 2.49. The van der Waals surface area contributed by atoms with E-state index in [0.29, 0.717) is 0 Å². The summed E-state index contributed by atoms with van der Waals surface area (Å²) in [7, 11) is 0. The normalized spacial score (nSPS) is 11.2. The summed E-state index contributed by atoms with van der Waals surface area (Å²) in [6.45, 7) is 4.45. The number of aromatic nitrogens is 2. The largest absolute Gasteiger partial charge is 0.396 e. The first-order valence-electron chi connectivity index (χ1n) is 5.77. The van der Waals surface area contributed by atoms with Gasteiger partial charge in [-0.2, -0.15) is 0 Å². The van der Waals surface area contributed by atoms with Gasteiger partial charge in [0, 0.05) is 13.0 Å². The van der Waals surface area contributed by atoms with Crippen LogP contribution in [0.5, 0.6) is 0 Å². The Morgan fingerprint density at radius 1 is 1.25 bits per heavy atom. The van der Waals surface area contributed by atoms with E-state index in [4.69, 9.17) is 5.11 Å². The minimum atomic E-state index is 0.262. The van der Waals surface area contributed by atoms with E-state index < -0.39 is 0 Å². The van der Waals surface area contributed by atoms with Crippen molar-refractivity contribution in [2.75, 3.05) is 6.61 Å². The van der Waals surface area contributed by atoms with Crippen molar-refractivity contribution in [1.82, 2.24) is 9.97 Å². The molecule has 0 unspecified atom stereocenters. The van der Waals surface area contributed by atoms with Crippen molar-refractivity contribution >= 4 is 11.0 Å². The van der Waals surface area contributed by atoms with Crippen molar-refractivity contribution < 1.29 is 5.11 Å². The van der Waals surface area contributed by atoms with Crippen molar-refractivity contribution in [3.8, 4) is 0 Å². The summed E-state index contributed by atoms with van der Waals surface area (Å²) in [6.07, 6.45) is 2.73. The third-order valence-corrected chi connectivity index (χ3v) is 2.79. The Labute approximate surface area is 95.5 Å². The molecule has 0 spiro atoms.